The molecule has 0 spiro atoms. The van der Waals surface area contributed by atoms with E-state index in [0.717, 1.165) is 24.8 Å². The molecule has 1 aliphatic rings. The Morgan fingerprint density at radius 3 is 2.18 bits per heavy atom. The van der Waals surface area contributed by atoms with E-state index in [4.69, 9.17) is 0 Å². The van der Waals surface area contributed by atoms with Crippen LogP contribution >= 0.6 is 0 Å². The summed E-state index contributed by atoms with van der Waals surface area (Å²) in [5.74, 6) is 0. The Morgan fingerprint density at radius 1 is 1.00 bits per heavy atom. The van der Waals surface area contributed by atoms with Gasteiger partial charge in [0.05, 0.1) is 0 Å². The van der Waals surface area contributed by atoms with Crippen molar-refractivity contribution in [2.24, 2.45) is 0 Å². The van der Waals surface area contributed by atoms with Crippen molar-refractivity contribution in [2.45, 2.75) is 51.5 Å². The Labute approximate surface area is 103 Å². The summed E-state index contributed by atoms with van der Waals surface area (Å²) >= 11 is 0. The van der Waals surface area contributed by atoms with Gasteiger partial charge in [-0.2, -0.15) is 0 Å². The first-order valence-electron chi connectivity index (χ1n) is 6.32. The SMILES string of the molecule is CC(C)(C)[Si](F)(F)c1ccc2c(c1)CCCC2. The zero-order valence-electron chi connectivity index (χ0n) is 10.8. The normalized spacial score (nSPS) is 16.8. The first-order valence-corrected chi connectivity index (χ1v) is 8.08. The minimum absolute atomic E-state index is 0.311. The van der Waals surface area contributed by atoms with E-state index in [1.165, 1.54) is 12.0 Å². The van der Waals surface area contributed by atoms with Crippen LogP contribution in [0.5, 0.6) is 0 Å². The average molecular weight is 254 g/mol. The number of hydrogen-bond donors (Lipinski definition) is 0. The van der Waals surface area contributed by atoms with E-state index in [9.17, 15) is 8.22 Å². The van der Waals surface area contributed by atoms with Crippen LogP contribution in [0.25, 0.3) is 0 Å². The van der Waals surface area contributed by atoms with Gasteiger partial charge in [-0.3, -0.25) is 8.22 Å². The fourth-order valence-electron chi connectivity index (χ4n) is 2.36. The zero-order valence-corrected chi connectivity index (χ0v) is 11.8. The van der Waals surface area contributed by atoms with Crippen molar-refractivity contribution < 1.29 is 8.22 Å². The molecule has 2 rings (SSSR count). The number of hydrogen-bond acceptors (Lipinski definition) is 0. The molecule has 0 radical (unpaired) electrons. The predicted octanol–water partition coefficient (Wildman–Crippen LogP) is 3.95. The molecule has 0 fully saturated rings. The number of rotatable bonds is 1. The molecule has 1 aromatic rings. The van der Waals surface area contributed by atoms with Gasteiger partial charge in [0.25, 0.3) is 0 Å². The van der Waals surface area contributed by atoms with Crippen LogP contribution in [0.1, 0.15) is 44.7 Å². The van der Waals surface area contributed by atoms with Crippen LogP contribution < -0.4 is 5.19 Å². The van der Waals surface area contributed by atoms with E-state index < -0.39 is 13.8 Å². The van der Waals surface area contributed by atoms with Gasteiger partial charge in [0.2, 0.25) is 0 Å². The quantitative estimate of drug-likeness (QED) is 0.526. The fourth-order valence-corrected chi connectivity index (χ4v) is 3.88. The molecule has 0 heterocycles. The van der Waals surface area contributed by atoms with Gasteiger partial charge in [-0.05, 0) is 36.8 Å². The minimum atomic E-state index is -4.34. The van der Waals surface area contributed by atoms with Crippen LogP contribution in [0.4, 0.5) is 8.22 Å². The highest BCUT2D eigenvalue weighted by Crippen LogP contribution is 2.38. The molecule has 17 heavy (non-hydrogen) atoms. The fraction of sp³-hybridized carbons (Fsp3) is 0.571. The topological polar surface area (TPSA) is 0 Å². The maximum atomic E-state index is 14.4. The highest BCUT2D eigenvalue weighted by atomic mass is 28.4. The van der Waals surface area contributed by atoms with Gasteiger partial charge in [0, 0.05) is 10.2 Å². The summed E-state index contributed by atoms with van der Waals surface area (Å²) in [6.07, 6.45) is 4.36. The van der Waals surface area contributed by atoms with E-state index in [0.29, 0.717) is 5.19 Å². The number of benzene rings is 1. The van der Waals surface area contributed by atoms with Gasteiger partial charge in [-0.1, -0.05) is 39.0 Å². The molecule has 94 valence electrons. The Balaban J connectivity index is 2.40. The molecular weight excluding hydrogens is 234 g/mol. The van der Waals surface area contributed by atoms with Crippen molar-refractivity contribution in [1.82, 2.24) is 0 Å². The molecule has 0 saturated carbocycles. The first-order chi connectivity index (χ1) is 7.82. The largest absolute Gasteiger partial charge is 0.460 e. The van der Waals surface area contributed by atoms with Crippen LogP contribution in [0.3, 0.4) is 0 Å². The Morgan fingerprint density at radius 2 is 1.59 bits per heavy atom. The van der Waals surface area contributed by atoms with Crippen molar-refractivity contribution >= 4 is 13.9 Å². The van der Waals surface area contributed by atoms with Crippen molar-refractivity contribution in [3.8, 4) is 0 Å². The van der Waals surface area contributed by atoms with E-state index in [2.05, 4.69) is 0 Å². The molecule has 0 aliphatic heterocycles. The lowest BCUT2D eigenvalue weighted by atomic mass is 9.92. The summed E-state index contributed by atoms with van der Waals surface area (Å²) in [6.45, 7) is 4.95. The van der Waals surface area contributed by atoms with Crippen LogP contribution in [0.15, 0.2) is 18.2 Å². The summed E-state index contributed by atoms with van der Waals surface area (Å²) in [5.41, 5.74) is 2.43. The monoisotopic (exact) mass is 254 g/mol. The molecule has 0 saturated heterocycles. The molecule has 3 heteroatoms. The molecule has 0 amide bonds. The van der Waals surface area contributed by atoms with Gasteiger partial charge >= 0.3 is 8.74 Å². The van der Waals surface area contributed by atoms with Gasteiger partial charge in [0.1, 0.15) is 0 Å². The smallest absolute Gasteiger partial charge is 0.264 e. The molecule has 0 unspecified atom stereocenters. The Hall–Kier alpha value is -0.703. The summed E-state index contributed by atoms with van der Waals surface area (Å²) in [4.78, 5) is 0. The van der Waals surface area contributed by atoms with Gasteiger partial charge < -0.3 is 0 Å². The van der Waals surface area contributed by atoms with E-state index >= 15 is 0 Å². The standard InChI is InChI=1S/C14H20F2Si/c1-14(2,3)17(15,16)13-9-8-11-6-4-5-7-12(11)10-13/h8-10H,4-7H2,1-3H3. The van der Waals surface area contributed by atoms with Gasteiger partial charge in [0.15, 0.2) is 0 Å². The third-order valence-corrected chi connectivity index (χ3v) is 6.57. The average Bonchev–Trinajstić information content (AvgIpc) is 2.27. The predicted molar refractivity (Wildman–Crippen MR) is 70.4 cm³/mol. The highest BCUT2D eigenvalue weighted by Gasteiger charge is 2.50. The van der Waals surface area contributed by atoms with Crippen molar-refractivity contribution in [3.63, 3.8) is 0 Å². The van der Waals surface area contributed by atoms with Crippen LogP contribution in [-0.2, 0) is 12.8 Å². The number of halogens is 2. The Kier molecular flexibility index (Phi) is 3.15. The maximum Gasteiger partial charge on any atom is 0.460 e. The first kappa shape index (κ1) is 12.7. The molecule has 0 atom stereocenters. The molecule has 0 nitrogen and oxygen atoms in total. The number of fused-ring (bicyclic) bond motifs is 1. The number of aryl methyl sites for hydroxylation is 2. The van der Waals surface area contributed by atoms with Crippen LogP contribution in [-0.4, -0.2) is 8.74 Å². The molecule has 1 aliphatic carbocycles. The second kappa shape index (κ2) is 4.20. The Bertz CT molecular complexity index is 419. The highest BCUT2D eigenvalue weighted by molar-refractivity contribution is 6.82. The molecule has 0 N–H and O–H groups in total. The molecule has 0 aromatic heterocycles. The molecule has 1 aromatic carbocycles. The zero-order chi connectivity index (χ0) is 12.7. The van der Waals surface area contributed by atoms with E-state index in [1.54, 1.807) is 32.9 Å². The lowest BCUT2D eigenvalue weighted by molar-refractivity contribution is 0.519. The summed E-state index contributed by atoms with van der Waals surface area (Å²) in [5, 5.41) is -0.582. The van der Waals surface area contributed by atoms with Crippen LogP contribution in [0, 0.1) is 0 Å². The lowest BCUT2D eigenvalue weighted by Gasteiger charge is -2.28. The molecule has 0 bridgehead atoms. The molecular formula is C14H20F2Si. The van der Waals surface area contributed by atoms with Crippen molar-refractivity contribution in [1.29, 1.82) is 0 Å². The van der Waals surface area contributed by atoms with Crippen molar-refractivity contribution in [3.05, 3.63) is 29.3 Å². The van der Waals surface area contributed by atoms with Gasteiger partial charge in [-0.15, -0.1) is 0 Å². The second-order valence-corrected chi connectivity index (χ2v) is 9.24. The maximum absolute atomic E-state index is 14.4. The third-order valence-electron chi connectivity index (χ3n) is 3.65. The summed E-state index contributed by atoms with van der Waals surface area (Å²) in [6, 6.07) is 5.38. The van der Waals surface area contributed by atoms with E-state index in [1.807, 2.05) is 6.07 Å². The lowest BCUT2D eigenvalue weighted by Crippen LogP contribution is -2.47. The van der Waals surface area contributed by atoms with Crippen LogP contribution in [0.2, 0.25) is 5.04 Å². The minimum Gasteiger partial charge on any atom is -0.264 e. The summed E-state index contributed by atoms with van der Waals surface area (Å²) < 4.78 is 28.7. The summed E-state index contributed by atoms with van der Waals surface area (Å²) in [7, 11) is -4.34. The van der Waals surface area contributed by atoms with Gasteiger partial charge in [-0.25, -0.2) is 0 Å². The third kappa shape index (κ3) is 2.30. The second-order valence-electron chi connectivity index (χ2n) is 6.01. The van der Waals surface area contributed by atoms with E-state index in [-0.39, 0.29) is 0 Å². The van der Waals surface area contributed by atoms with Crippen molar-refractivity contribution in [2.75, 3.05) is 0 Å².